The zero-order valence-electron chi connectivity index (χ0n) is 33.7. The van der Waals surface area contributed by atoms with Gasteiger partial charge in [-0.05, 0) is 138 Å². The van der Waals surface area contributed by atoms with Gasteiger partial charge in [-0.25, -0.2) is 4.79 Å². The minimum atomic E-state index is -3.65. The first-order chi connectivity index (χ1) is 27.6. The molecule has 1 heterocycles. The lowest BCUT2D eigenvalue weighted by Crippen LogP contribution is -2.59. The molecule has 6 saturated carbocycles. The van der Waals surface area contributed by atoms with E-state index in [9.17, 15) is 28.0 Å². The number of carbonyl (C=O) groups is 4. The van der Waals surface area contributed by atoms with Crippen LogP contribution < -0.4 is 4.74 Å². The number of alkyl halides is 2. The van der Waals surface area contributed by atoms with E-state index in [1.165, 1.54) is 21.1 Å². The van der Waals surface area contributed by atoms with Crippen LogP contribution in [-0.2, 0) is 44.3 Å². The van der Waals surface area contributed by atoms with Gasteiger partial charge in [0.2, 0.25) is 0 Å². The van der Waals surface area contributed by atoms with Gasteiger partial charge in [-0.1, -0.05) is 43.3 Å². The van der Waals surface area contributed by atoms with E-state index in [0.29, 0.717) is 30.9 Å². The van der Waals surface area contributed by atoms with E-state index in [-0.39, 0.29) is 22.8 Å². The molecule has 1 saturated heterocycles. The number of fused-ring (bicyclic) bond motifs is 1. The lowest BCUT2D eigenvalue weighted by atomic mass is 9.50. The van der Waals surface area contributed by atoms with Crippen LogP contribution >= 0.6 is 0 Å². The zero-order chi connectivity index (χ0) is 41.1. The number of benzene rings is 3. The molecule has 1 aliphatic heterocycles. The summed E-state index contributed by atoms with van der Waals surface area (Å²) in [4.78, 5) is 53.9. The van der Waals surface area contributed by atoms with E-state index < -0.39 is 64.8 Å². The van der Waals surface area contributed by atoms with Crippen LogP contribution in [0.5, 0.6) is 5.75 Å². The van der Waals surface area contributed by atoms with Crippen LogP contribution in [0.2, 0.25) is 0 Å². The third kappa shape index (κ3) is 7.45. The SMILES string of the molecule is CC(F)(F)C(=O)OC1C2CC3C1OC(=O)C3C2C(=O)OC1(C)C2CC3CC(C2)CC1C3.CCC(C)(C)C(=O)Oc1ccc([S+](c2ccccc2)c2ccccc2)cc1. The highest BCUT2D eigenvalue weighted by Crippen LogP contribution is 2.62. The maximum Gasteiger partial charge on any atom is 0.377 e. The lowest BCUT2D eigenvalue weighted by molar-refractivity contribution is -0.212. The molecule has 6 atom stereocenters. The first-order valence-corrected chi connectivity index (χ1v) is 22.0. The number of ether oxygens (including phenoxy) is 4. The molecule has 11 heteroatoms. The minimum Gasteiger partial charge on any atom is -0.459 e. The standard InChI is InChI=1S/C24H25O2S.C23H28F2O6/c1-4-24(2,3)23(25)26-19-15-17-22(18-16-19)27(20-11-7-5-8-12-20)21-13-9-6-10-14-21;1-22(11-4-9-3-10(6-11)7-12(22)5-9)31-20(27)16-14-8-13-15(16)19(26)29-17(13)18(14)30-21(28)23(2,24)25/h5-18H,4H2,1-3H3;9-18H,3-8H2,1-2H3/q+1;. The molecule has 6 unspecified atom stereocenters. The number of hydrogen-bond donors (Lipinski definition) is 0. The molecule has 8 nitrogen and oxygen atoms in total. The van der Waals surface area contributed by atoms with Crippen LogP contribution in [0.1, 0.15) is 79.6 Å². The Morgan fingerprint density at radius 3 is 1.81 bits per heavy atom. The smallest absolute Gasteiger partial charge is 0.377 e. The van der Waals surface area contributed by atoms with Crippen molar-refractivity contribution in [3.05, 3.63) is 84.9 Å². The third-order valence-electron chi connectivity index (χ3n) is 14.2. The molecule has 7 aliphatic rings. The molecule has 308 valence electrons. The van der Waals surface area contributed by atoms with Crippen molar-refractivity contribution in [2.24, 2.45) is 52.8 Å². The second-order valence-electron chi connectivity index (χ2n) is 18.2. The van der Waals surface area contributed by atoms with Crippen LogP contribution in [0.4, 0.5) is 8.78 Å². The average Bonchev–Trinajstić information content (AvgIpc) is 3.83. The van der Waals surface area contributed by atoms with Crippen LogP contribution in [0.3, 0.4) is 0 Å². The van der Waals surface area contributed by atoms with E-state index >= 15 is 0 Å². The fraction of sp³-hybridized carbons (Fsp3) is 0.532. The molecule has 0 N–H and O–H groups in total. The van der Waals surface area contributed by atoms with Gasteiger partial charge in [0.25, 0.3) is 0 Å². The second-order valence-corrected chi connectivity index (χ2v) is 20.2. The summed E-state index contributed by atoms with van der Waals surface area (Å²) < 4.78 is 49.2. The zero-order valence-corrected chi connectivity index (χ0v) is 34.6. The molecular weight excluding hydrogens is 763 g/mol. The van der Waals surface area contributed by atoms with Crippen molar-refractivity contribution in [2.75, 3.05) is 0 Å². The number of hydrogen-bond acceptors (Lipinski definition) is 8. The summed E-state index contributed by atoms with van der Waals surface area (Å²) in [6, 6.07) is 28.9. The van der Waals surface area contributed by atoms with Crippen LogP contribution in [-0.4, -0.2) is 47.6 Å². The van der Waals surface area contributed by atoms with Crippen LogP contribution in [0, 0.1) is 52.8 Å². The molecule has 0 aromatic heterocycles. The molecule has 3 aromatic rings. The van der Waals surface area contributed by atoms with Crippen molar-refractivity contribution in [3.8, 4) is 5.75 Å². The largest absolute Gasteiger partial charge is 0.459 e. The van der Waals surface area contributed by atoms with Gasteiger partial charge >= 0.3 is 29.8 Å². The Labute approximate surface area is 342 Å². The van der Waals surface area contributed by atoms with Gasteiger partial charge in [-0.2, -0.15) is 8.78 Å². The summed E-state index contributed by atoms with van der Waals surface area (Å²) in [5.41, 5.74) is -1.02. The predicted molar refractivity (Wildman–Crippen MR) is 212 cm³/mol. The van der Waals surface area contributed by atoms with Crippen molar-refractivity contribution in [2.45, 2.75) is 118 Å². The highest BCUT2D eigenvalue weighted by molar-refractivity contribution is 7.97. The average molecular weight is 816 g/mol. The van der Waals surface area contributed by atoms with Gasteiger partial charge in [0, 0.05) is 18.8 Å². The quantitative estimate of drug-likeness (QED) is 0.0864. The van der Waals surface area contributed by atoms with Gasteiger partial charge in [0.1, 0.15) is 23.6 Å². The number of rotatable bonds is 10. The maximum absolute atomic E-state index is 13.5. The molecular formula is C47H53F2O8S+. The Morgan fingerprint density at radius 1 is 0.759 bits per heavy atom. The Hall–Kier alpha value is -4.25. The normalized spacial score (nSPS) is 32.7. The van der Waals surface area contributed by atoms with Gasteiger partial charge < -0.3 is 18.9 Å². The summed E-state index contributed by atoms with van der Waals surface area (Å²) >= 11 is 0. The number of esters is 4. The molecule has 0 radical (unpaired) electrons. The van der Waals surface area contributed by atoms with E-state index in [1.807, 2.05) is 52.0 Å². The Kier molecular flexibility index (Phi) is 10.8. The molecule has 0 amide bonds. The fourth-order valence-corrected chi connectivity index (χ4v) is 12.9. The predicted octanol–water partition coefficient (Wildman–Crippen LogP) is 9.24. The van der Waals surface area contributed by atoms with Gasteiger partial charge in [0.15, 0.2) is 14.7 Å². The number of carbonyl (C=O) groups excluding carboxylic acids is 4. The van der Waals surface area contributed by atoms with Crippen molar-refractivity contribution in [3.63, 3.8) is 0 Å². The highest BCUT2D eigenvalue weighted by atomic mass is 32.2. The topological polar surface area (TPSA) is 105 Å². The first kappa shape index (κ1) is 40.5. The second kappa shape index (κ2) is 15.4. The van der Waals surface area contributed by atoms with E-state index in [0.717, 1.165) is 43.9 Å². The van der Waals surface area contributed by atoms with Crippen molar-refractivity contribution in [1.82, 2.24) is 0 Å². The van der Waals surface area contributed by atoms with Crippen LogP contribution in [0.25, 0.3) is 0 Å². The van der Waals surface area contributed by atoms with Crippen molar-refractivity contribution >= 4 is 34.8 Å². The number of halogens is 2. The molecule has 10 rings (SSSR count). The van der Waals surface area contributed by atoms with Gasteiger partial charge in [-0.3, -0.25) is 14.4 Å². The summed E-state index contributed by atoms with van der Waals surface area (Å²) in [7, 11) is -0.195. The van der Waals surface area contributed by atoms with Crippen LogP contribution in [0.15, 0.2) is 99.6 Å². The molecule has 58 heavy (non-hydrogen) atoms. The maximum atomic E-state index is 13.5. The molecule has 6 bridgehead atoms. The van der Waals surface area contributed by atoms with Crippen molar-refractivity contribution < 1.29 is 46.9 Å². The molecule has 0 spiro atoms. The lowest BCUT2D eigenvalue weighted by Gasteiger charge is -2.59. The monoisotopic (exact) mass is 815 g/mol. The van der Waals surface area contributed by atoms with Gasteiger partial charge in [-0.15, -0.1) is 0 Å². The summed E-state index contributed by atoms with van der Waals surface area (Å²) in [6.07, 6.45) is 5.02. The Bertz CT molecular complexity index is 1950. The summed E-state index contributed by atoms with van der Waals surface area (Å²) in [6.45, 7) is 8.33. The van der Waals surface area contributed by atoms with E-state index in [1.54, 1.807) is 0 Å². The van der Waals surface area contributed by atoms with Gasteiger partial charge in [0.05, 0.1) is 28.1 Å². The fourth-order valence-electron chi connectivity index (χ4n) is 10.8. The Morgan fingerprint density at radius 2 is 1.29 bits per heavy atom. The third-order valence-corrected chi connectivity index (χ3v) is 16.4. The first-order valence-electron chi connectivity index (χ1n) is 20.8. The van der Waals surface area contributed by atoms with E-state index in [4.69, 9.17) is 18.9 Å². The minimum absolute atomic E-state index is 0.192. The summed E-state index contributed by atoms with van der Waals surface area (Å²) in [5.74, 6) is -5.96. The molecule has 6 aliphatic carbocycles. The highest BCUT2D eigenvalue weighted by Gasteiger charge is 2.71. The molecule has 3 aromatic carbocycles. The van der Waals surface area contributed by atoms with Crippen molar-refractivity contribution in [1.29, 1.82) is 0 Å². The van der Waals surface area contributed by atoms with E-state index in [2.05, 4.69) is 60.7 Å². The molecule has 7 fully saturated rings. The Balaban J connectivity index is 0.000000164. The summed E-state index contributed by atoms with van der Waals surface area (Å²) in [5, 5.41) is 0.